The molecular formula is C14H21BrN4O3S. The van der Waals surface area contributed by atoms with Gasteiger partial charge in [0, 0.05) is 5.54 Å². The molecule has 0 atom stereocenters. The molecule has 1 aromatic heterocycles. The summed E-state index contributed by atoms with van der Waals surface area (Å²) in [5.41, 5.74) is -1.29. The van der Waals surface area contributed by atoms with Crippen LogP contribution in [-0.4, -0.2) is 44.8 Å². The molecule has 1 heterocycles. The smallest absolute Gasteiger partial charge is 0.332 e. The molecule has 0 unspecified atom stereocenters. The molecule has 1 aliphatic rings. The summed E-state index contributed by atoms with van der Waals surface area (Å²) in [6, 6.07) is -0.297. The van der Waals surface area contributed by atoms with Gasteiger partial charge in [0.05, 0.1) is 13.2 Å². The molecule has 1 aliphatic carbocycles. The summed E-state index contributed by atoms with van der Waals surface area (Å²) in [7, 11) is 0. The van der Waals surface area contributed by atoms with Crippen molar-refractivity contribution in [1.29, 1.82) is 0 Å². The van der Waals surface area contributed by atoms with Gasteiger partial charge < -0.3 is 15.0 Å². The molecular weight excluding hydrogens is 384 g/mol. The van der Waals surface area contributed by atoms with Crippen LogP contribution in [0.4, 0.5) is 4.79 Å². The van der Waals surface area contributed by atoms with E-state index in [4.69, 9.17) is 4.74 Å². The summed E-state index contributed by atoms with van der Waals surface area (Å²) in [4.78, 5) is 26.6. The minimum atomic E-state index is -0.885. The second-order valence-corrected chi connectivity index (χ2v) is 8.81. The molecule has 0 aliphatic heterocycles. The zero-order valence-corrected chi connectivity index (χ0v) is 16.1. The molecule has 9 heteroatoms. The van der Waals surface area contributed by atoms with Gasteiger partial charge in [0.1, 0.15) is 10.5 Å². The highest BCUT2D eigenvalue weighted by Gasteiger charge is 2.58. The van der Waals surface area contributed by atoms with E-state index in [0.29, 0.717) is 28.4 Å². The number of carbonyl (C=O) groups excluding carboxylic acids is 2. The Kier molecular flexibility index (Phi) is 5.30. The molecule has 2 amide bonds. The fourth-order valence-corrected chi connectivity index (χ4v) is 3.40. The first-order valence-corrected chi connectivity index (χ1v) is 9.04. The molecule has 0 saturated heterocycles. The molecule has 0 aromatic carbocycles. The lowest BCUT2D eigenvalue weighted by atomic mass is 10.1. The van der Waals surface area contributed by atoms with E-state index in [9.17, 15) is 9.59 Å². The maximum Gasteiger partial charge on any atom is 0.332 e. The number of esters is 1. The van der Waals surface area contributed by atoms with Crippen LogP contribution in [0.3, 0.4) is 0 Å². The Morgan fingerprint density at radius 1 is 1.39 bits per heavy atom. The first-order chi connectivity index (χ1) is 10.7. The van der Waals surface area contributed by atoms with Crippen molar-refractivity contribution >= 4 is 39.3 Å². The van der Waals surface area contributed by atoms with Gasteiger partial charge in [-0.05, 0) is 56.5 Å². The van der Waals surface area contributed by atoms with Crippen molar-refractivity contribution in [2.75, 3.05) is 6.61 Å². The van der Waals surface area contributed by atoms with E-state index in [0.717, 1.165) is 0 Å². The fourth-order valence-electron chi connectivity index (χ4n) is 2.21. The number of aromatic nitrogens is 2. The van der Waals surface area contributed by atoms with Crippen LogP contribution >= 0.6 is 27.3 Å². The van der Waals surface area contributed by atoms with Crippen LogP contribution in [0.1, 0.15) is 45.5 Å². The molecule has 2 rings (SSSR count). The first kappa shape index (κ1) is 18.1. The molecule has 7 nitrogen and oxygen atoms in total. The number of nitrogens with zero attached hydrogens (tertiary/aromatic N) is 3. The molecule has 1 saturated carbocycles. The molecule has 0 spiro atoms. The monoisotopic (exact) mass is 404 g/mol. The molecule has 128 valence electrons. The Bertz CT molecular complexity index is 595. The van der Waals surface area contributed by atoms with Gasteiger partial charge in [-0.15, -0.1) is 10.2 Å². The summed E-state index contributed by atoms with van der Waals surface area (Å²) in [5.74, 6) is -0.354. The van der Waals surface area contributed by atoms with Gasteiger partial charge in [0.25, 0.3) is 0 Å². The summed E-state index contributed by atoms with van der Waals surface area (Å²) >= 11 is 4.60. The topological polar surface area (TPSA) is 84.4 Å². The van der Waals surface area contributed by atoms with Crippen molar-refractivity contribution in [1.82, 2.24) is 20.4 Å². The van der Waals surface area contributed by atoms with Crippen molar-refractivity contribution in [2.24, 2.45) is 0 Å². The third kappa shape index (κ3) is 4.41. The number of hydrogen-bond donors (Lipinski definition) is 1. The molecule has 0 radical (unpaired) electrons. The minimum absolute atomic E-state index is 0.226. The van der Waals surface area contributed by atoms with E-state index < -0.39 is 11.1 Å². The maximum absolute atomic E-state index is 12.7. The van der Waals surface area contributed by atoms with Gasteiger partial charge >= 0.3 is 12.0 Å². The third-order valence-electron chi connectivity index (χ3n) is 3.36. The third-order valence-corrected chi connectivity index (χ3v) is 4.70. The predicted molar refractivity (Wildman–Crippen MR) is 90.0 cm³/mol. The van der Waals surface area contributed by atoms with E-state index in [1.807, 2.05) is 20.8 Å². The van der Waals surface area contributed by atoms with E-state index in [-0.39, 0.29) is 18.5 Å². The van der Waals surface area contributed by atoms with Crippen molar-refractivity contribution in [3.05, 3.63) is 8.92 Å². The van der Waals surface area contributed by atoms with Crippen LogP contribution in [0.2, 0.25) is 0 Å². The molecule has 1 N–H and O–H groups in total. The average Bonchev–Trinajstić information content (AvgIpc) is 3.12. The lowest BCUT2D eigenvalue weighted by Crippen LogP contribution is -2.55. The van der Waals surface area contributed by atoms with E-state index >= 15 is 0 Å². The van der Waals surface area contributed by atoms with Crippen LogP contribution in [0.5, 0.6) is 0 Å². The Morgan fingerprint density at radius 3 is 2.48 bits per heavy atom. The number of hydrogen-bond acceptors (Lipinski definition) is 6. The zero-order chi connectivity index (χ0) is 17.3. The number of urea groups is 1. The van der Waals surface area contributed by atoms with Gasteiger partial charge in [-0.3, -0.25) is 0 Å². The quantitative estimate of drug-likeness (QED) is 0.762. The Labute approximate surface area is 147 Å². The summed E-state index contributed by atoms with van der Waals surface area (Å²) in [6.45, 7) is 7.97. The second-order valence-electron chi connectivity index (χ2n) is 6.47. The average molecular weight is 405 g/mol. The molecule has 1 aromatic rings. The normalized spacial score (nSPS) is 15.9. The highest BCUT2D eigenvalue weighted by atomic mass is 79.9. The second kappa shape index (κ2) is 6.72. The maximum atomic E-state index is 12.7. The van der Waals surface area contributed by atoms with E-state index in [1.54, 1.807) is 6.92 Å². The van der Waals surface area contributed by atoms with Gasteiger partial charge in [-0.1, -0.05) is 11.3 Å². The molecule has 23 heavy (non-hydrogen) atoms. The van der Waals surface area contributed by atoms with Crippen molar-refractivity contribution in [3.63, 3.8) is 0 Å². The van der Waals surface area contributed by atoms with Crippen molar-refractivity contribution in [3.8, 4) is 0 Å². The standard InChI is InChI=1S/C14H21BrN4O3S/c1-5-22-10(20)14(6-7-14)19(12(21)16-13(2,3)4)8-9-17-18-11(15)23-9/h5-8H2,1-4H3,(H,16,21). The summed E-state index contributed by atoms with van der Waals surface area (Å²) in [6.07, 6.45) is 1.20. The van der Waals surface area contributed by atoms with E-state index in [2.05, 4.69) is 31.4 Å². The van der Waals surface area contributed by atoms with Gasteiger partial charge in [-0.2, -0.15) is 0 Å². The minimum Gasteiger partial charge on any atom is -0.464 e. The van der Waals surface area contributed by atoms with Crippen LogP contribution in [0, 0.1) is 0 Å². The highest BCUT2D eigenvalue weighted by molar-refractivity contribution is 9.11. The SMILES string of the molecule is CCOC(=O)C1(N(Cc2nnc(Br)s2)C(=O)NC(C)(C)C)CC1. The number of ether oxygens (including phenoxy) is 1. The van der Waals surface area contributed by atoms with E-state index in [1.165, 1.54) is 16.2 Å². The zero-order valence-electron chi connectivity index (χ0n) is 13.7. The van der Waals surface area contributed by atoms with Crippen molar-refractivity contribution < 1.29 is 14.3 Å². The van der Waals surface area contributed by atoms with Gasteiger partial charge in [0.2, 0.25) is 0 Å². The van der Waals surface area contributed by atoms with Crippen LogP contribution in [0.15, 0.2) is 3.92 Å². The molecule has 1 fully saturated rings. The number of amides is 2. The Morgan fingerprint density at radius 2 is 2.04 bits per heavy atom. The fraction of sp³-hybridized carbons (Fsp3) is 0.714. The lowest BCUT2D eigenvalue weighted by Gasteiger charge is -2.32. The van der Waals surface area contributed by atoms with Crippen LogP contribution in [0.25, 0.3) is 0 Å². The lowest BCUT2D eigenvalue weighted by molar-refractivity contribution is -0.150. The summed E-state index contributed by atoms with van der Waals surface area (Å²) < 4.78 is 5.81. The summed E-state index contributed by atoms with van der Waals surface area (Å²) in [5, 5.41) is 11.5. The van der Waals surface area contributed by atoms with Crippen LogP contribution in [-0.2, 0) is 16.1 Å². The predicted octanol–water partition coefficient (Wildman–Crippen LogP) is 2.71. The molecule has 0 bridgehead atoms. The Balaban J connectivity index is 2.24. The van der Waals surface area contributed by atoms with Crippen LogP contribution < -0.4 is 5.32 Å². The largest absolute Gasteiger partial charge is 0.464 e. The van der Waals surface area contributed by atoms with Crippen molar-refractivity contribution in [2.45, 2.75) is 58.2 Å². The number of nitrogens with one attached hydrogen (secondary N) is 1. The number of rotatable bonds is 5. The van der Waals surface area contributed by atoms with Gasteiger partial charge in [0.15, 0.2) is 3.92 Å². The Hall–Kier alpha value is -1.22. The number of carbonyl (C=O) groups is 2. The number of halogens is 1. The first-order valence-electron chi connectivity index (χ1n) is 7.43. The highest BCUT2D eigenvalue weighted by Crippen LogP contribution is 2.44. The van der Waals surface area contributed by atoms with Gasteiger partial charge in [-0.25, -0.2) is 9.59 Å².